The summed E-state index contributed by atoms with van der Waals surface area (Å²) in [5, 5.41) is 3.21. The van der Waals surface area contributed by atoms with Crippen molar-refractivity contribution >= 4 is 34.8 Å². The number of imide groups is 2. The van der Waals surface area contributed by atoms with Gasteiger partial charge in [0.1, 0.15) is 5.57 Å². The van der Waals surface area contributed by atoms with E-state index in [9.17, 15) is 14.4 Å². The number of carbonyl (C=O) groups excluding carboxylic acids is 3. The minimum Gasteiger partial charge on any atom is -0.350 e. The number of hydrogen-bond donors (Lipinski definition) is 1. The van der Waals surface area contributed by atoms with Gasteiger partial charge in [-0.05, 0) is 24.1 Å². The first-order valence-electron chi connectivity index (χ1n) is 9.01. The average molecular weight is 373 g/mol. The number of aromatic nitrogens is 1. The van der Waals surface area contributed by atoms with E-state index in [1.807, 2.05) is 72.4 Å². The summed E-state index contributed by atoms with van der Waals surface area (Å²) in [6, 6.07) is 16.7. The lowest BCUT2D eigenvalue weighted by Crippen LogP contribution is -2.54. The van der Waals surface area contributed by atoms with E-state index in [-0.39, 0.29) is 12.1 Å². The second-order valence-corrected chi connectivity index (χ2v) is 6.72. The highest BCUT2D eigenvalue weighted by Crippen LogP contribution is 2.24. The fourth-order valence-electron chi connectivity index (χ4n) is 3.43. The van der Waals surface area contributed by atoms with Crippen molar-refractivity contribution in [1.29, 1.82) is 0 Å². The number of fused-ring (bicyclic) bond motifs is 1. The Morgan fingerprint density at radius 2 is 1.68 bits per heavy atom. The van der Waals surface area contributed by atoms with E-state index in [1.165, 1.54) is 0 Å². The molecule has 1 aliphatic rings. The highest BCUT2D eigenvalue weighted by atomic mass is 16.2. The van der Waals surface area contributed by atoms with Crippen LogP contribution >= 0.6 is 0 Å². The van der Waals surface area contributed by atoms with Crippen molar-refractivity contribution in [3.63, 3.8) is 0 Å². The number of nitrogens with one attached hydrogen (secondary N) is 1. The summed E-state index contributed by atoms with van der Waals surface area (Å²) in [7, 11) is 1.91. The van der Waals surface area contributed by atoms with E-state index >= 15 is 0 Å². The molecule has 0 atom stereocenters. The predicted octanol–water partition coefficient (Wildman–Crippen LogP) is 2.88. The maximum Gasteiger partial charge on any atom is 0.331 e. The van der Waals surface area contributed by atoms with E-state index < -0.39 is 17.8 Å². The van der Waals surface area contributed by atoms with Crippen molar-refractivity contribution in [3.8, 4) is 0 Å². The molecule has 0 bridgehead atoms. The first-order valence-corrected chi connectivity index (χ1v) is 9.01. The second kappa shape index (κ2) is 7.15. The molecule has 4 rings (SSSR count). The van der Waals surface area contributed by atoms with Gasteiger partial charge < -0.3 is 4.57 Å². The SMILES string of the molecule is Cn1cc(C=C2C(=O)NC(=O)N(CCc3ccccc3)C2=O)c2ccccc21. The lowest BCUT2D eigenvalue weighted by atomic mass is 10.1. The molecule has 2 heterocycles. The minimum absolute atomic E-state index is 0.0379. The number of amides is 4. The quantitative estimate of drug-likeness (QED) is 0.565. The smallest absolute Gasteiger partial charge is 0.331 e. The van der Waals surface area contributed by atoms with Gasteiger partial charge in [0, 0.05) is 36.3 Å². The number of barbiturate groups is 1. The Morgan fingerprint density at radius 3 is 2.46 bits per heavy atom. The van der Waals surface area contributed by atoms with Crippen LogP contribution in [0.3, 0.4) is 0 Å². The molecule has 1 N–H and O–H groups in total. The Balaban J connectivity index is 1.64. The molecule has 1 aromatic heterocycles. The number of rotatable bonds is 4. The van der Waals surface area contributed by atoms with Crippen LogP contribution in [0.4, 0.5) is 4.79 Å². The zero-order valence-corrected chi connectivity index (χ0v) is 15.4. The summed E-state index contributed by atoms with van der Waals surface area (Å²) in [6.45, 7) is 0.203. The molecule has 1 aliphatic heterocycles. The van der Waals surface area contributed by atoms with Crippen molar-refractivity contribution in [2.75, 3.05) is 6.54 Å². The molecule has 0 saturated carbocycles. The van der Waals surface area contributed by atoms with Gasteiger partial charge in [0.25, 0.3) is 11.8 Å². The predicted molar refractivity (Wildman–Crippen MR) is 106 cm³/mol. The zero-order chi connectivity index (χ0) is 19.7. The summed E-state index contributed by atoms with van der Waals surface area (Å²) < 4.78 is 1.94. The fraction of sp³-hybridized carbons (Fsp3) is 0.136. The highest BCUT2D eigenvalue weighted by Gasteiger charge is 2.35. The van der Waals surface area contributed by atoms with Crippen LogP contribution in [-0.2, 0) is 23.1 Å². The summed E-state index contributed by atoms with van der Waals surface area (Å²) in [6.07, 6.45) is 3.95. The lowest BCUT2D eigenvalue weighted by molar-refractivity contribution is -0.130. The van der Waals surface area contributed by atoms with Gasteiger partial charge in [-0.2, -0.15) is 0 Å². The molecule has 28 heavy (non-hydrogen) atoms. The van der Waals surface area contributed by atoms with Crippen molar-refractivity contribution in [1.82, 2.24) is 14.8 Å². The van der Waals surface area contributed by atoms with Gasteiger partial charge in [0.05, 0.1) is 0 Å². The minimum atomic E-state index is -0.680. The number of urea groups is 1. The van der Waals surface area contributed by atoms with E-state index in [0.29, 0.717) is 6.42 Å². The van der Waals surface area contributed by atoms with E-state index in [0.717, 1.165) is 26.9 Å². The Bertz CT molecular complexity index is 1110. The molecule has 0 radical (unpaired) electrons. The molecule has 140 valence electrons. The first-order chi connectivity index (χ1) is 13.5. The highest BCUT2D eigenvalue weighted by molar-refractivity contribution is 6.31. The number of hydrogen-bond acceptors (Lipinski definition) is 3. The average Bonchev–Trinajstić information content (AvgIpc) is 3.02. The molecule has 6 nitrogen and oxygen atoms in total. The van der Waals surface area contributed by atoms with Crippen LogP contribution in [0.15, 0.2) is 66.4 Å². The normalized spacial score (nSPS) is 16.1. The number of carbonyl (C=O) groups is 3. The monoisotopic (exact) mass is 373 g/mol. The van der Waals surface area contributed by atoms with Gasteiger partial charge >= 0.3 is 6.03 Å². The van der Waals surface area contributed by atoms with Crippen LogP contribution in [0, 0.1) is 0 Å². The third-order valence-electron chi connectivity index (χ3n) is 4.88. The van der Waals surface area contributed by atoms with Crippen molar-refractivity contribution < 1.29 is 14.4 Å². The number of benzene rings is 2. The van der Waals surface area contributed by atoms with Crippen LogP contribution < -0.4 is 5.32 Å². The van der Waals surface area contributed by atoms with Gasteiger partial charge in [-0.15, -0.1) is 0 Å². The van der Waals surface area contributed by atoms with Gasteiger partial charge in [0.15, 0.2) is 0 Å². The number of aryl methyl sites for hydroxylation is 1. The van der Waals surface area contributed by atoms with Crippen LogP contribution in [-0.4, -0.2) is 33.9 Å². The maximum absolute atomic E-state index is 12.9. The van der Waals surface area contributed by atoms with E-state index in [2.05, 4.69) is 5.32 Å². The molecule has 2 aromatic carbocycles. The Labute approximate surface area is 162 Å². The molecule has 1 fully saturated rings. The summed E-state index contributed by atoms with van der Waals surface area (Å²) >= 11 is 0. The third kappa shape index (κ3) is 3.20. The summed E-state index contributed by atoms with van der Waals surface area (Å²) in [5.41, 5.74) is 2.73. The lowest BCUT2D eigenvalue weighted by Gasteiger charge is -2.26. The molecular formula is C22H19N3O3. The largest absolute Gasteiger partial charge is 0.350 e. The van der Waals surface area contributed by atoms with Crippen molar-refractivity contribution in [2.45, 2.75) is 6.42 Å². The summed E-state index contributed by atoms with van der Waals surface area (Å²) in [5.74, 6) is -1.24. The molecule has 6 heteroatoms. The van der Waals surface area contributed by atoms with Crippen LogP contribution in [0.2, 0.25) is 0 Å². The topological polar surface area (TPSA) is 71.4 Å². The maximum atomic E-state index is 12.9. The van der Waals surface area contributed by atoms with E-state index in [4.69, 9.17) is 0 Å². The molecule has 0 spiro atoms. The van der Waals surface area contributed by atoms with E-state index in [1.54, 1.807) is 6.08 Å². The molecule has 0 aliphatic carbocycles. The molecular weight excluding hydrogens is 354 g/mol. The van der Waals surface area contributed by atoms with Gasteiger partial charge in [-0.3, -0.25) is 19.8 Å². The Morgan fingerprint density at radius 1 is 0.964 bits per heavy atom. The molecule has 1 saturated heterocycles. The fourth-order valence-corrected chi connectivity index (χ4v) is 3.43. The third-order valence-corrected chi connectivity index (χ3v) is 4.88. The van der Waals surface area contributed by atoms with Crippen LogP contribution in [0.5, 0.6) is 0 Å². The molecule has 3 aromatic rings. The number of nitrogens with zero attached hydrogens (tertiary/aromatic N) is 2. The van der Waals surface area contributed by atoms with Gasteiger partial charge in [-0.1, -0.05) is 48.5 Å². The summed E-state index contributed by atoms with van der Waals surface area (Å²) in [4.78, 5) is 38.5. The standard InChI is InChI=1S/C22H19N3O3/c1-24-14-16(17-9-5-6-10-19(17)24)13-18-20(26)23-22(28)25(21(18)27)12-11-15-7-3-2-4-8-15/h2-10,13-14H,11-12H2,1H3,(H,23,26,28). The van der Waals surface area contributed by atoms with Crippen LogP contribution in [0.1, 0.15) is 11.1 Å². The second-order valence-electron chi connectivity index (χ2n) is 6.72. The van der Waals surface area contributed by atoms with Crippen molar-refractivity contribution in [2.24, 2.45) is 7.05 Å². The van der Waals surface area contributed by atoms with Crippen molar-refractivity contribution in [3.05, 3.63) is 77.5 Å². The van der Waals surface area contributed by atoms with Crippen LogP contribution in [0.25, 0.3) is 17.0 Å². The molecule has 0 unspecified atom stereocenters. The number of para-hydroxylation sites is 1. The first kappa shape index (κ1) is 17.7. The zero-order valence-electron chi connectivity index (χ0n) is 15.4. The Kier molecular flexibility index (Phi) is 4.53. The van der Waals surface area contributed by atoms with Gasteiger partial charge in [0.2, 0.25) is 0 Å². The molecule has 4 amide bonds. The Hall–Kier alpha value is -3.67. The van der Waals surface area contributed by atoms with Gasteiger partial charge in [-0.25, -0.2) is 4.79 Å².